The first-order valence-corrected chi connectivity index (χ1v) is 3.30. The van der Waals surface area contributed by atoms with E-state index in [0.29, 0.717) is 0 Å². The van der Waals surface area contributed by atoms with Crippen LogP contribution in [0.25, 0.3) is 0 Å². The van der Waals surface area contributed by atoms with Crippen molar-refractivity contribution in [2.24, 2.45) is 10.4 Å². The lowest BCUT2D eigenvalue weighted by Crippen LogP contribution is -1.81. The zero-order valence-corrected chi connectivity index (χ0v) is 6.72. The highest BCUT2D eigenvalue weighted by atomic mass is 16.5. The minimum Gasteiger partial charge on any atom is -0.504 e. The highest BCUT2D eigenvalue weighted by Gasteiger charge is 2.11. The zero-order chi connectivity index (χ0) is 9.84. The molecule has 0 saturated heterocycles. The second-order valence-electron chi connectivity index (χ2n) is 2.20. The van der Waals surface area contributed by atoms with Crippen LogP contribution >= 0.6 is 0 Å². The molecule has 0 unspecified atom stereocenters. The Hall–Kier alpha value is -1.98. The van der Waals surface area contributed by atoms with Crippen LogP contribution < -0.4 is 4.74 Å². The lowest BCUT2D eigenvalue weighted by Gasteiger charge is -2.02. The number of methoxy groups -OCH3 is 1. The van der Waals surface area contributed by atoms with Gasteiger partial charge in [-0.1, -0.05) is 0 Å². The quantitative estimate of drug-likeness (QED) is 0.725. The highest BCUT2D eigenvalue weighted by molar-refractivity contribution is 5.68. The van der Waals surface area contributed by atoms with Crippen molar-refractivity contribution in [2.45, 2.75) is 0 Å². The van der Waals surface area contributed by atoms with E-state index in [4.69, 9.17) is 9.84 Å². The van der Waals surface area contributed by atoms with Crippen LogP contribution in [0.15, 0.2) is 22.5 Å². The van der Waals surface area contributed by atoms with Gasteiger partial charge in [0.2, 0.25) is 0 Å². The summed E-state index contributed by atoms with van der Waals surface area (Å²) in [6.07, 6.45) is 0. The summed E-state index contributed by atoms with van der Waals surface area (Å²) in [5, 5.41) is 14.2. The largest absolute Gasteiger partial charge is 0.504 e. The van der Waals surface area contributed by atoms with Crippen LogP contribution in [0.3, 0.4) is 0 Å². The van der Waals surface area contributed by atoms with E-state index in [1.165, 1.54) is 19.2 Å². The molecule has 6 heteroatoms. The molecule has 1 N–H and O–H groups in total. The first-order chi connectivity index (χ1) is 6.22. The number of aromatic hydroxyl groups is 1. The van der Waals surface area contributed by atoms with E-state index < -0.39 is 5.75 Å². The van der Waals surface area contributed by atoms with Crippen LogP contribution in [-0.2, 0) is 0 Å². The van der Waals surface area contributed by atoms with E-state index >= 15 is 0 Å². The Kier molecular flexibility index (Phi) is 2.53. The number of hydrogen-bond donors (Lipinski definition) is 1. The third kappa shape index (κ3) is 1.61. The summed E-state index contributed by atoms with van der Waals surface area (Å²) in [5.74, 6) is -0.298. The van der Waals surface area contributed by atoms with Crippen LogP contribution in [0.4, 0.5) is 11.4 Å². The Morgan fingerprint density at radius 2 is 1.69 bits per heavy atom. The third-order valence-corrected chi connectivity index (χ3v) is 1.48. The number of nitrogens with zero attached hydrogens (tertiary/aromatic N) is 2. The fraction of sp³-hybridized carbons (Fsp3) is 0.143. The summed E-state index contributed by atoms with van der Waals surface area (Å²) in [6, 6.07) is 2.41. The van der Waals surface area contributed by atoms with Gasteiger partial charge in [0.05, 0.1) is 7.11 Å². The minimum absolute atomic E-state index is 0.238. The maximum absolute atomic E-state index is 10.2. The third-order valence-electron chi connectivity index (χ3n) is 1.48. The Balaban J connectivity index is 3.36. The molecule has 0 spiro atoms. The van der Waals surface area contributed by atoms with Crippen LogP contribution in [0.1, 0.15) is 0 Å². The molecule has 13 heavy (non-hydrogen) atoms. The predicted molar refractivity (Wildman–Crippen MR) is 45.6 cm³/mol. The molecule has 68 valence electrons. The molecular formula is C7H6N2O4. The number of rotatable bonds is 3. The van der Waals surface area contributed by atoms with E-state index in [1.807, 2.05) is 0 Å². The minimum atomic E-state index is -0.536. The summed E-state index contributed by atoms with van der Waals surface area (Å²) in [4.78, 5) is 20.3. The molecule has 0 bridgehead atoms. The molecule has 0 heterocycles. The van der Waals surface area contributed by atoms with Gasteiger partial charge in [-0.05, 0) is 10.4 Å². The lowest BCUT2D eigenvalue weighted by molar-refractivity contribution is 0.413. The fourth-order valence-corrected chi connectivity index (χ4v) is 0.836. The van der Waals surface area contributed by atoms with Gasteiger partial charge >= 0.3 is 0 Å². The van der Waals surface area contributed by atoms with E-state index in [-0.39, 0.29) is 17.1 Å². The number of hydrogen-bond acceptors (Lipinski definition) is 6. The second kappa shape index (κ2) is 3.61. The topological polar surface area (TPSA) is 88.3 Å². The molecular weight excluding hydrogens is 176 g/mol. The Morgan fingerprint density at radius 1 is 1.23 bits per heavy atom. The maximum atomic E-state index is 10.2. The predicted octanol–water partition coefficient (Wildman–Crippen LogP) is 2.20. The van der Waals surface area contributed by atoms with Crippen LogP contribution in [-0.4, -0.2) is 12.2 Å². The van der Waals surface area contributed by atoms with Crippen molar-refractivity contribution in [3.63, 3.8) is 0 Å². The smallest absolute Gasteiger partial charge is 0.174 e. The summed E-state index contributed by atoms with van der Waals surface area (Å²) in [6.45, 7) is 0. The highest BCUT2D eigenvalue weighted by Crippen LogP contribution is 2.39. The van der Waals surface area contributed by atoms with Gasteiger partial charge in [-0.3, -0.25) is 0 Å². The number of nitroso groups, excluding NO2 is 2. The first kappa shape index (κ1) is 9.11. The molecule has 0 radical (unpaired) electrons. The molecule has 0 amide bonds. The van der Waals surface area contributed by atoms with E-state index in [9.17, 15) is 9.81 Å². The second-order valence-corrected chi connectivity index (χ2v) is 2.20. The van der Waals surface area contributed by atoms with Gasteiger partial charge in [0.15, 0.2) is 17.1 Å². The van der Waals surface area contributed by atoms with Crippen LogP contribution in [0, 0.1) is 9.81 Å². The summed E-state index contributed by atoms with van der Waals surface area (Å²) < 4.78 is 4.75. The molecule has 0 aliphatic rings. The Bertz CT molecular complexity index is 321. The van der Waals surface area contributed by atoms with Gasteiger partial charge in [-0.2, -0.15) is 0 Å². The average molecular weight is 182 g/mol. The molecule has 0 fully saturated rings. The molecule has 0 saturated carbocycles. The monoisotopic (exact) mass is 182 g/mol. The van der Waals surface area contributed by atoms with Crippen molar-refractivity contribution in [3.05, 3.63) is 21.9 Å². The molecule has 0 aromatic heterocycles. The van der Waals surface area contributed by atoms with Gasteiger partial charge in [0.1, 0.15) is 5.75 Å². The summed E-state index contributed by atoms with van der Waals surface area (Å²) in [7, 11) is 1.36. The summed E-state index contributed by atoms with van der Waals surface area (Å²) in [5.41, 5.74) is -0.539. The van der Waals surface area contributed by atoms with Crippen molar-refractivity contribution >= 4 is 11.4 Å². The average Bonchev–Trinajstić information content (AvgIpc) is 2.18. The van der Waals surface area contributed by atoms with E-state index in [2.05, 4.69) is 10.4 Å². The molecule has 1 aromatic carbocycles. The van der Waals surface area contributed by atoms with Crippen molar-refractivity contribution in [3.8, 4) is 11.5 Å². The molecule has 6 nitrogen and oxygen atoms in total. The van der Waals surface area contributed by atoms with Crippen molar-refractivity contribution < 1.29 is 9.84 Å². The molecule has 1 rings (SSSR count). The summed E-state index contributed by atoms with van der Waals surface area (Å²) >= 11 is 0. The molecule has 0 aliphatic heterocycles. The first-order valence-electron chi connectivity index (χ1n) is 3.30. The van der Waals surface area contributed by atoms with Crippen molar-refractivity contribution in [1.29, 1.82) is 0 Å². The number of ether oxygens (including phenoxy) is 1. The van der Waals surface area contributed by atoms with Gasteiger partial charge in [-0.15, -0.1) is 9.81 Å². The number of phenolic OH excluding ortho intramolecular Hbond substituents is 1. The zero-order valence-electron chi connectivity index (χ0n) is 6.72. The van der Waals surface area contributed by atoms with E-state index in [0.717, 1.165) is 0 Å². The molecule has 0 atom stereocenters. The van der Waals surface area contributed by atoms with Crippen molar-refractivity contribution in [2.75, 3.05) is 7.11 Å². The van der Waals surface area contributed by atoms with Crippen molar-refractivity contribution in [1.82, 2.24) is 0 Å². The fourth-order valence-electron chi connectivity index (χ4n) is 0.836. The number of phenols is 1. The van der Waals surface area contributed by atoms with Gasteiger partial charge in [0.25, 0.3) is 0 Å². The SMILES string of the molecule is COc1cc(N=O)c(O)c(N=O)c1. The molecule has 0 aliphatic carbocycles. The van der Waals surface area contributed by atoms with Gasteiger partial charge < -0.3 is 9.84 Å². The van der Waals surface area contributed by atoms with Crippen LogP contribution in [0.5, 0.6) is 11.5 Å². The Morgan fingerprint density at radius 3 is 2.00 bits per heavy atom. The maximum Gasteiger partial charge on any atom is 0.174 e. The lowest BCUT2D eigenvalue weighted by atomic mass is 10.2. The van der Waals surface area contributed by atoms with E-state index in [1.54, 1.807) is 0 Å². The number of benzene rings is 1. The normalized spacial score (nSPS) is 9.31. The standard InChI is InChI=1S/C7H6N2O4/c1-13-4-2-5(8-11)7(10)6(3-4)9-12/h2-3,10H,1H3. The van der Waals surface area contributed by atoms with Gasteiger partial charge in [-0.25, -0.2) is 0 Å². The molecule has 1 aromatic rings. The van der Waals surface area contributed by atoms with Gasteiger partial charge in [0, 0.05) is 12.1 Å². The Labute approximate surface area is 73.1 Å². The van der Waals surface area contributed by atoms with Crippen LogP contribution in [0.2, 0.25) is 0 Å².